The summed E-state index contributed by atoms with van der Waals surface area (Å²) in [6.07, 6.45) is 2.89. The summed E-state index contributed by atoms with van der Waals surface area (Å²) in [7, 11) is 3.32. The van der Waals surface area contributed by atoms with Crippen molar-refractivity contribution in [3.63, 3.8) is 0 Å². The predicted molar refractivity (Wildman–Crippen MR) is 111 cm³/mol. The van der Waals surface area contributed by atoms with E-state index in [-0.39, 0.29) is 24.6 Å². The van der Waals surface area contributed by atoms with Gasteiger partial charge in [-0.2, -0.15) is 5.26 Å². The Kier molecular flexibility index (Phi) is 5.11. The molecule has 0 spiro atoms. The summed E-state index contributed by atoms with van der Waals surface area (Å²) in [5.74, 6) is 0.357. The van der Waals surface area contributed by atoms with Crippen LogP contribution in [0.3, 0.4) is 0 Å². The summed E-state index contributed by atoms with van der Waals surface area (Å²) in [6, 6.07) is 8.80. The van der Waals surface area contributed by atoms with Crippen molar-refractivity contribution in [1.29, 1.82) is 5.26 Å². The van der Waals surface area contributed by atoms with Crippen molar-refractivity contribution in [2.45, 2.75) is 23.7 Å². The molecule has 0 saturated carbocycles. The molecule has 160 valence electrons. The number of ether oxygens (including phenoxy) is 2. The predicted octanol–water partition coefficient (Wildman–Crippen LogP) is 1.78. The molecule has 0 bridgehead atoms. The number of hydrogen-bond acceptors (Lipinski definition) is 6. The number of aliphatic imine (C=N–C) groups is 1. The number of carbonyl (C=O) groups is 1. The SMILES string of the molecule is CN(C)C(N)=NC1(C=O)c2cc(-c3cncc(C#N)c3)ccc2OC2CCOCC21F. The molecule has 9 heteroatoms. The lowest BCUT2D eigenvalue weighted by Crippen LogP contribution is -2.65. The summed E-state index contributed by atoms with van der Waals surface area (Å²) < 4.78 is 28.0. The largest absolute Gasteiger partial charge is 0.486 e. The smallest absolute Gasteiger partial charge is 0.206 e. The summed E-state index contributed by atoms with van der Waals surface area (Å²) in [6.45, 7) is -0.0338. The molecule has 0 radical (unpaired) electrons. The molecule has 1 saturated heterocycles. The zero-order chi connectivity index (χ0) is 22.2. The Morgan fingerprint density at radius 2 is 2.19 bits per heavy atom. The van der Waals surface area contributed by atoms with E-state index in [0.29, 0.717) is 35.3 Å². The number of nitrogens with zero attached hydrogens (tertiary/aromatic N) is 4. The van der Waals surface area contributed by atoms with Crippen molar-refractivity contribution in [1.82, 2.24) is 9.88 Å². The molecule has 4 rings (SSSR count). The molecule has 3 atom stereocenters. The highest BCUT2D eigenvalue weighted by Crippen LogP contribution is 2.52. The van der Waals surface area contributed by atoms with Gasteiger partial charge in [0.1, 0.15) is 17.9 Å². The first-order valence-electron chi connectivity index (χ1n) is 9.77. The molecule has 8 nitrogen and oxygen atoms in total. The van der Waals surface area contributed by atoms with Gasteiger partial charge in [-0.3, -0.25) is 4.98 Å². The zero-order valence-corrected chi connectivity index (χ0v) is 17.2. The molecule has 1 aromatic carbocycles. The number of rotatable bonds is 3. The normalized spacial score (nSPS) is 27.3. The number of nitriles is 1. The summed E-state index contributed by atoms with van der Waals surface area (Å²) in [5, 5.41) is 9.18. The molecular formula is C22H22FN5O3. The Labute approximate surface area is 179 Å². The second kappa shape index (κ2) is 7.63. The van der Waals surface area contributed by atoms with Crippen LogP contribution in [0.4, 0.5) is 4.39 Å². The highest BCUT2D eigenvalue weighted by Gasteiger charge is 2.65. The minimum Gasteiger partial charge on any atom is -0.486 e. The summed E-state index contributed by atoms with van der Waals surface area (Å²) in [5.41, 5.74) is 3.75. The first-order valence-corrected chi connectivity index (χ1v) is 9.77. The van der Waals surface area contributed by atoms with E-state index in [1.54, 1.807) is 44.6 Å². The third-order valence-corrected chi connectivity index (χ3v) is 5.76. The van der Waals surface area contributed by atoms with Crippen molar-refractivity contribution in [3.05, 3.63) is 47.8 Å². The van der Waals surface area contributed by atoms with Gasteiger partial charge in [-0.1, -0.05) is 6.07 Å². The van der Waals surface area contributed by atoms with E-state index >= 15 is 4.39 Å². The van der Waals surface area contributed by atoms with E-state index in [1.807, 2.05) is 6.07 Å². The average Bonchev–Trinajstić information content (AvgIpc) is 2.78. The minimum atomic E-state index is -2.24. The summed E-state index contributed by atoms with van der Waals surface area (Å²) >= 11 is 0. The Morgan fingerprint density at radius 3 is 2.90 bits per heavy atom. The van der Waals surface area contributed by atoms with Crippen molar-refractivity contribution in [3.8, 4) is 22.9 Å². The third kappa shape index (κ3) is 3.20. The molecule has 0 amide bonds. The van der Waals surface area contributed by atoms with Gasteiger partial charge in [0.05, 0.1) is 18.8 Å². The number of halogens is 1. The molecule has 3 heterocycles. The van der Waals surface area contributed by atoms with E-state index in [9.17, 15) is 10.1 Å². The van der Waals surface area contributed by atoms with Crippen LogP contribution in [-0.2, 0) is 15.1 Å². The van der Waals surface area contributed by atoms with Crippen molar-refractivity contribution in [2.24, 2.45) is 10.7 Å². The minimum absolute atomic E-state index is 0.000143. The molecule has 1 aromatic heterocycles. The number of benzene rings is 1. The second-order valence-corrected chi connectivity index (χ2v) is 7.84. The number of guanidine groups is 1. The molecule has 0 aliphatic carbocycles. The van der Waals surface area contributed by atoms with E-state index in [4.69, 9.17) is 15.2 Å². The van der Waals surface area contributed by atoms with E-state index in [1.165, 1.54) is 11.1 Å². The highest BCUT2D eigenvalue weighted by molar-refractivity contribution is 5.85. The number of aromatic nitrogens is 1. The van der Waals surface area contributed by atoms with Crippen LogP contribution >= 0.6 is 0 Å². The molecule has 3 unspecified atom stereocenters. The standard InChI is InChI=1S/C22H22FN5O3/c1-28(2)20(25)27-22(12-29)17-8-15(16-7-14(9-24)10-26-11-16)3-4-18(17)31-19-5-6-30-13-21(19,22)23/h3-4,7-8,10-12,19H,5-6,13H2,1-2H3,(H2,25,27). The number of pyridine rings is 1. The topological polar surface area (TPSA) is 114 Å². The lowest BCUT2D eigenvalue weighted by Gasteiger charge is -2.49. The lowest BCUT2D eigenvalue weighted by atomic mass is 9.70. The van der Waals surface area contributed by atoms with Crippen molar-refractivity contribution >= 4 is 12.2 Å². The fourth-order valence-electron chi connectivity index (χ4n) is 4.01. The van der Waals surface area contributed by atoms with Gasteiger partial charge in [0.15, 0.2) is 17.8 Å². The Balaban J connectivity index is 1.97. The number of fused-ring (bicyclic) bond motifs is 2. The molecular weight excluding hydrogens is 401 g/mol. The van der Waals surface area contributed by atoms with Gasteiger partial charge in [0, 0.05) is 44.0 Å². The number of alkyl halides is 1. The van der Waals surface area contributed by atoms with Crippen LogP contribution in [-0.4, -0.2) is 61.2 Å². The van der Waals surface area contributed by atoms with E-state index in [0.717, 1.165) is 0 Å². The molecule has 1 fully saturated rings. The molecule has 2 aliphatic rings. The van der Waals surface area contributed by atoms with Crippen LogP contribution in [0.5, 0.6) is 5.75 Å². The number of aldehydes is 1. The van der Waals surface area contributed by atoms with Crippen molar-refractivity contribution in [2.75, 3.05) is 27.3 Å². The Bertz CT molecular complexity index is 1100. The lowest BCUT2D eigenvalue weighted by molar-refractivity contribution is -0.160. The monoisotopic (exact) mass is 423 g/mol. The third-order valence-electron chi connectivity index (χ3n) is 5.76. The maximum atomic E-state index is 16.6. The number of nitrogens with two attached hydrogens (primary N) is 1. The molecule has 2 aromatic rings. The second-order valence-electron chi connectivity index (χ2n) is 7.84. The van der Waals surface area contributed by atoms with Gasteiger partial charge in [-0.25, -0.2) is 9.38 Å². The summed E-state index contributed by atoms with van der Waals surface area (Å²) in [4.78, 5) is 22.6. The van der Waals surface area contributed by atoms with Crippen LogP contribution in [0.15, 0.2) is 41.7 Å². The Morgan fingerprint density at radius 1 is 1.39 bits per heavy atom. The molecule has 2 N–H and O–H groups in total. The van der Waals surface area contributed by atoms with Gasteiger partial charge < -0.3 is 24.9 Å². The van der Waals surface area contributed by atoms with Crippen LogP contribution in [0.1, 0.15) is 17.5 Å². The van der Waals surface area contributed by atoms with Crippen LogP contribution < -0.4 is 10.5 Å². The van der Waals surface area contributed by atoms with Gasteiger partial charge in [-0.05, 0) is 23.8 Å². The Hall–Kier alpha value is -3.51. The van der Waals surface area contributed by atoms with Crippen LogP contribution in [0, 0.1) is 11.3 Å². The fraction of sp³-hybridized carbons (Fsp3) is 0.364. The number of carbonyl (C=O) groups excluding carboxylic acids is 1. The van der Waals surface area contributed by atoms with Crippen LogP contribution in [0.25, 0.3) is 11.1 Å². The van der Waals surface area contributed by atoms with E-state index in [2.05, 4.69) is 9.98 Å². The highest BCUT2D eigenvalue weighted by atomic mass is 19.1. The molecule has 2 aliphatic heterocycles. The zero-order valence-electron chi connectivity index (χ0n) is 17.2. The molecule has 31 heavy (non-hydrogen) atoms. The first-order chi connectivity index (χ1) is 14.8. The van der Waals surface area contributed by atoms with Crippen molar-refractivity contribution < 1.29 is 18.7 Å². The fourth-order valence-corrected chi connectivity index (χ4v) is 4.01. The van der Waals surface area contributed by atoms with Gasteiger partial charge in [0.25, 0.3) is 0 Å². The van der Waals surface area contributed by atoms with E-state index < -0.39 is 17.3 Å². The maximum Gasteiger partial charge on any atom is 0.206 e. The van der Waals surface area contributed by atoms with Crippen LogP contribution in [0.2, 0.25) is 0 Å². The first kappa shape index (κ1) is 20.8. The van der Waals surface area contributed by atoms with Gasteiger partial charge in [-0.15, -0.1) is 0 Å². The average molecular weight is 423 g/mol. The van der Waals surface area contributed by atoms with Gasteiger partial charge in [0.2, 0.25) is 5.67 Å². The quantitative estimate of drug-likeness (QED) is 0.455. The maximum absolute atomic E-state index is 16.6. The number of hydrogen-bond donors (Lipinski definition) is 1. The van der Waals surface area contributed by atoms with Gasteiger partial charge >= 0.3 is 0 Å².